The van der Waals surface area contributed by atoms with E-state index in [1.165, 1.54) is 36.0 Å². The van der Waals surface area contributed by atoms with Gasteiger partial charge in [-0.25, -0.2) is 0 Å². The van der Waals surface area contributed by atoms with Crippen LogP contribution in [0.25, 0.3) is 0 Å². The van der Waals surface area contributed by atoms with E-state index in [4.69, 9.17) is 4.74 Å². The van der Waals surface area contributed by atoms with Crippen LogP contribution in [-0.2, 0) is 6.42 Å². The summed E-state index contributed by atoms with van der Waals surface area (Å²) in [6.07, 6.45) is 3.78. The van der Waals surface area contributed by atoms with E-state index in [2.05, 4.69) is 39.9 Å². The van der Waals surface area contributed by atoms with Gasteiger partial charge in [-0.05, 0) is 62.0 Å². The minimum Gasteiger partial charge on any atom is -0.497 e. The molecule has 1 fully saturated rings. The van der Waals surface area contributed by atoms with Crippen LogP contribution >= 0.6 is 15.9 Å². The number of ether oxygens (including phenoxy) is 1. The second-order valence-corrected chi connectivity index (χ2v) is 6.09. The molecule has 2 rings (SSSR count). The van der Waals surface area contributed by atoms with Crippen molar-refractivity contribution in [2.45, 2.75) is 26.2 Å². The first-order chi connectivity index (χ1) is 8.69. The SMILES string of the molecule is COc1ccc(Br)c(CCN2CCC(C)CC2)c1. The number of piperidine rings is 1. The molecule has 1 aliphatic rings. The number of nitrogens with zero attached hydrogens (tertiary/aromatic N) is 1. The molecule has 1 aromatic rings. The van der Waals surface area contributed by atoms with Crippen LogP contribution in [0.2, 0.25) is 0 Å². The molecule has 18 heavy (non-hydrogen) atoms. The lowest BCUT2D eigenvalue weighted by Gasteiger charge is -2.30. The Labute approximate surface area is 118 Å². The highest BCUT2D eigenvalue weighted by atomic mass is 79.9. The van der Waals surface area contributed by atoms with E-state index < -0.39 is 0 Å². The molecule has 0 saturated carbocycles. The van der Waals surface area contributed by atoms with Crippen LogP contribution in [0.4, 0.5) is 0 Å². The fourth-order valence-electron chi connectivity index (χ4n) is 2.43. The summed E-state index contributed by atoms with van der Waals surface area (Å²) >= 11 is 3.62. The number of halogens is 1. The number of hydrogen-bond donors (Lipinski definition) is 0. The number of likely N-dealkylation sites (tertiary alicyclic amines) is 1. The largest absolute Gasteiger partial charge is 0.497 e. The van der Waals surface area contributed by atoms with Crippen molar-refractivity contribution in [1.29, 1.82) is 0 Å². The van der Waals surface area contributed by atoms with Gasteiger partial charge >= 0.3 is 0 Å². The van der Waals surface area contributed by atoms with Crippen molar-refractivity contribution in [3.05, 3.63) is 28.2 Å². The Balaban J connectivity index is 1.89. The summed E-state index contributed by atoms with van der Waals surface area (Å²) in [5, 5.41) is 0. The van der Waals surface area contributed by atoms with Crippen molar-refractivity contribution in [1.82, 2.24) is 4.90 Å². The molecule has 0 bridgehead atoms. The van der Waals surface area contributed by atoms with Crippen LogP contribution in [0.5, 0.6) is 5.75 Å². The maximum Gasteiger partial charge on any atom is 0.119 e. The third kappa shape index (κ3) is 3.72. The summed E-state index contributed by atoms with van der Waals surface area (Å²) in [5.74, 6) is 1.85. The Kier molecular flexibility index (Phi) is 5.07. The highest BCUT2D eigenvalue weighted by Gasteiger charge is 2.15. The van der Waals surface area contributed by atoms with Crippen molar-refractivity contribution >= 4 is 15.9 Å². The molecule has 0 radical (unpaired) electrons. The molecule has 1 saturated heterocycles. The van der Waals surface area contributed by atoms with Crippen molar-refractivity contribution in [3.63, 3.8) is 0 Å². The summed E-state index contributed by atoms with van der Waals surface area (Å²) in [5.41, 5.74) is 1.34. The Morgan fingerprint density at radius 2 is 2.06 bits per heavy atom. The highest BCUT2D eigenvalue weighted by Crippen LogP contribution is 2.24. The van der Waals surface area contributed by atoms with Crippen LogP contribution in [0.3, 0.4) is 0 Å². The number of benzene rings is 1. The predicted molar refractivity (Wildman–Crippen MR) is 79.2 cm³/mol. The molecule has 0 aromatic heterocycles. The molecule has 1 aromatic carbocycles. The molecular formula is C15H22BrNO. The monoisotopic (exact) mass is 311 g/mol. The second kappa shape index (κ2) is 6.58. The standard InChI is InChI=1S/C15H22BrNO/c1-12-5-8-17(9-6-12)10-7-13-11-14(18-2)3-4-15(13)16/h3-4,11-12H,5-10H2,1-2H3. The summed E-state index contributed by atoms with van der Waals surface area (Å²) in [7, 11) is 1.72. The molecule has 0 aliphatic carbocycles. The van der Waals surface area contributed by atoms with Gasteiger partial charge in [0, 0.05) is 11.0 Å². The first-order valence-corrected chi connectivity index (χ1v) is 7.53. The number of methoxy groups -OCH3 is 1. The molecule has 2 nitrogen and oxygen atoms in total. The van der Waals surface area contributed by atoms with Crippen LogP contribution in [-0.4, -0.2) is 31.6 Å². The van der Waals surface area contributed by atoms with E-state index >= 15 is 0 Å². The van der Waals surface area contributed by atoms with Crippen molar-refractivity contribution in [2.24, 2.45) is 5.92 Å². The normalized spacial score (nSPS) is 17.9. The Morgan fingerprint density at radius 1 is 1.33 bits per heavy atom. The first-order valence-electron chi connectivity index (χ1n) is 6.74. The topological polar surface area (TPSA) is 12.5 Å². The highest BCUT2D eigenvalue weighted by molar-refractivity contribution is 9.10. The van der Waals surface area contributed by atoms with E-state index in [1.807, 2.05) is 6.07 Å². The third-order valence-corrected chi connectivity index (χ3v) is 4.60. The Hall–Kier alpha value is -0.540. The lowest BCUT2D eigenvalue weighted by atomic mass is 9.99. The van der Waals surface area contributed by atoms with Crippen LogP contribution in [0.1, 0.15) is 25.3 Å². The van der Waals surface area contributed by atoms with Gasteiger partial charge in [0.1, 0.15) is 5.75 Å². The minimum atomic E-state index is 0.907. The molecule has 0 spiro atoms. The summed E-state index contributed by atoms with van der Waals surface area (Å²) in [6, 6.07) is 6.21. The Morgan fingerprint density at radius 3 is 2.72 bits per heavy atom. The van der Waals surface area contributed by atoms with Gasteiger partial charge in [-0.2, -0.15) is 0 Å². The quantitative estimate of drug-likeness (QED) is 0.840. The summed E-state index contributed by atoms with van der Waals surface area (Å²) < 4.78 is 6.47. The molecule has 1 aliphatic heterocycles. The third-order valence-electron chi connectivity index (χ3n) is 3.83. The van der Waals surface area contributed by atoms with E-state index in [0.717, 1.165) is 24.6 Å². The minimum absolute atomic E-state index is 0.907. The van der Waals surface area contributed by atoms with Crippen LogP contribution < -0.4 is 4.74 Å². The maximum atomic E-state index is 5.28. The van der Waals surface area contributed by atoms with Crippen molar-refractivity contribution in [2.75, 3.05) is 26.7 Å². The zero-order chi connectivity index (χ0) is 13.0. The molecule has 3 heteroatoms. The van der Waals surface area contributed by atoms with Crippen LogP contribution in [0, 0.1) is 5.92 Å². The fraction of sp³-hybridized carbons (Fsp3) is 0.600. The van der Waals surface area contributed by atoms with Gasteiger partial charge in [0.2, 0.25) is 0 Å². The molecular weight excluding hydrogens is 290 g/mol. The summed E-state index contributed by atoms with van der Waals surface area (Å²) in [6.45, 7) is 6.01. The average molecular weight is 312 g/mol. The lowest BCUT2D eigenvalue weighted by molar-refractivity contribution is 0.194. The van der Waals surface area contributed by atoms with E-state index in [0.29, 0.717) is 0 Å². The fourth-order valence-corrected chi connectivity index (χ4v) is 2.88. The second-order valence-electron chi connectivity index (χ2n) is 5.23. The summed E-state index contributed by atoms with van der Waals surface area (Å²) in [4.78, 5) is 2.58. The smallest absolute Gasteiger partial charge is 0.119 e. The zero-order valence-corrected chi connectivity index (χ0v) is 12.9. The van der Waals surface area contributed by atoms with Gasteiger partial charge in [0.25, 0.3) is 0 Å². The van der Waals surface area contributed by atoms with E-state index in [9.17, 15) is 0 Å². The number of rotatable bonds is 4. The lowest BCUT2D eigenvalue weighted by Crippen LogP contribution is -2.34. The van der Waals surface area contributed by atoms with Crippen molar-refractivity contribution < 1.29 is 4.74 Å². The first kappa shape index (κ1) is 13.9. The zero-order valence-electron chi connectivity index (χ0n) is 11.3. The van der Waals surface area contributed by atoms with Gasteiger partial charge in [-0.3, -0.25) is 0 Å². The number of hydrogen-bond acceptors (Lipinski definition) is 2. The predicted octanol–water partition coefficient (Wildman–Crippen LogP) is 3.73. The van der Waals surface area contributed by atoms with Gasteiger partial charge < -0.3 is 9.64 Å². The molecule has 0 atom stereocenters. The van der Waals surface area contributed by atoms with Gasteiger partial charge in [-0.15, -0.1) is 0 Å². The molecule has 1 heterocycles. The van der Waals surface area contributed by atoms with Gasteiger partial charge in [0.05, 0.1) is 7.11 Å². The Bertz CT molecular complexity index is 386. The van der Waals surface area contributed by atoms with E-state index in [1.54, 1.807) is 7.11 Å². The maximum absolute atomic E-state index is 5.28. The van der Waals surface area contributed by atoms with Gasteiger partial charge in [-0.1, -0.05) is 22.9 Å². The molecule has 0 N–H and O–H groups in total. The molecule has 100 valence electrons. The van der Waals surface area contributed by atoms with Crippen LogP contribution in [0.15, 0.2) is 22.7 Å². The average Bonchev–Trinajstić information content (AvgIpc) is 2.40. The van der Waals surface area contributed by atoms with Crippen molar-refractivity contribution in [3.8, 4) is 5.75 Å². The van der Waals surface area contributed by atoms with Gasteiger partial charge in [0.15, 0.2) is 0 Å². The van der Waals surface area contributed by atoms with E-state index in [-0.39, 0.29) is 0 Å². The molecule has 0 amide bonds. The molecule has 0 unspecified atom stereocenters.